The number of benzene rings is 1. The Labute approximate surface area is 134 Å². The zero-order valence-corrected chi connectivity index (χ0v) is 13.4. The van der Waals surface area contributed by atoms with Gasteiger partial charge in [-0.2, -0.15) is 0 Å². The number of hydrogen-bond donors (Lipinski definition) is 2. The molecule has 124 valence electrons. The van der Waals surface area contributed by atoms with Gasteiger partial charge in [0, 0.05) is 18.7 Å². The number of methoxy groups -OCH3 is 1. The molecule has 1 aromatic carbocycles. The predicted octanol–water partition coefficient (Wildman–Crippen LogP) is 2.04. The van der Waals surface area contributed by atoms with E-state index in [4.69, 9.17) is 4.74 Å². The highest BCUT2D eigenvalue weighted by molar-refractivity contribution is 5.97. The van der Waals surface area contributed by atoms with Gasteiger partial charge in [-0.1, -0.05) is 19.3 Å². The third-order valence-electron chi connectivity index (χ3n) is 4.50. The molecule has 2 N–H and O–H groups in total. The van der Waals surface area contributed by atoms with Crippen LogP contribution in [0.2, 0.25) is 0 Å². The molecule has 1 fully saturated rings. The van der Waals surface area contributed by atoms with Crippen molar-refractivity contribution in [3.63, 3.8) is 0 Å². The summed E-state index contributed by atoms with van der Waals surface area (Å²) in [7, 11) is 1.60. The predicted molar refractivity (Wildman–Crippen MR) is 88.8 cm³/mol. The summed E-state index contributed by atoms with van der Waals surface area (Å²) in [6.07, 6.45) is 5.73. The summed E-state index contributed by atoms with van der Waals surface area (Å²) in [5.74, 6) is -0.0655. The van der Waals surface area contributed by atoms with E-state index < -0.39 is 0 Å². The average molecular weight is 317 g/mol. The minimum Gasteiger partial charge on any atom is -0.383 e. The van der Waals surface area contributed by atoms with E-state index >= 15 is 0 Å². The Bertz CT molecular complexity index is 741. The highest BCUT2D eigenvalue weighted by Gasteiger charge is 2.17. The SMILES string of the molecule is COCCn1c(=O)[nH]c2cc(C(=O)NC3CCCCC3)ccc21. The fraction of sp³-hybridized carbons (Fsp3) is 0.529. The van der Waals surface area contributed by atoms with Gasteiger partial charge in [0.2, 0.25) is 0 Å². The molecule has 23 heavy (non-hydrogen) atoms. The fourth-order valence-electron chi connectivity index (χ4n) is 3.23. The standard InChI is InChI=1S/C17H23N3O3/c1-23-10-9-20-15-8-7-12(11-14(15)19-17(20)22)16(21)18-13-5-3-2-4-6-13/h7-8,11,13H,2-6,9-10H2,1H3,(H,18,21)(H,19,22). The van der Waals surface area contributed by atoms with Crippen LogP contribution >= 0.6 is 0 Å². The summed E-state index contributed by atoms with van der Waals surface area (Å²) in [5.41, 5.74) is 1.88. The molecule has 6 nitrogen and oxygen atoms in total. The summed E-state index contributed by atoms with van der Waals surface area (Å²) in [4.78, 5) is 27.2. The van der Waals surface area contributed by atoms with Gasteiger partial charge in [0.25, 0.3) is 5.91 Å². The topological polar surface area (TPSA) is 76.1 Å². The number of aromatic amines is 1. The number of imidazole rings is 1. The second-order valence-electron chi connectivity index (χ2n) is 6.11. The molecule has 0 unspecified atom stereocenters. The van der Waals surface area contributed by atoms with E-state index in [1.807, 2.05) is 6.07 Å². The van der Waals surface area contributed by atoms with Gasteiger partial charge < -0.3 is 15.0 Å². The van der Waals surface area contributed by atoms with E-state index in [2.05, 4.69) is 10.3 Å². The van der Waals surface area contributed by atoms with E-state index in [1.165, 1.54) is 19.3 Å². The van der Waals surface area contributed by atoms with Crippen LogP contribution in [0.5, 0.6) is 0 Å². The largest absolute Gasteiger partial charge is 0.383 e. The van der Waals surface area contributed by atoms with E-state index in [0.717, 1.165) is 18.4 Å². The van der Waals surface area contributed by atoms with Crippen LogP contribution in [0.1, 0.15) is 42.5 Å². The average Bonchev–Trinajstić information content (AvgIpc) is 2.88. The number of rotatable bonds is 5. The Kier molecular flexibility index (Phi) is 4.81. The van der Waals surface area contributed by atoms with Gasteiger partial charge in [0.1, 0.15) is 0 Å². The molecule has 2 aromatic rings. The van der Waals surface area contributed by atoms with Crippen molar-refractivity contribution in [2.45, 2.75) is 44.7 Å². The van der Waals surface area contributed by atoms with Crippen molar-refractivity contribution in [2.24, 2.45) is 0 Å². The first-order chi connectivity index (χ1) is 11.2. The van der Waals surface area contributed by atoms with Crippen molar-refractivity contribution in [2.75, 3.05) is 13.7 Å². The van der Waals surface area contributed by atoms with Crippen molar-refractivity contribution < 1.29 is 9.53 Å². The van der Waals surface area contributed by atoms with Crippen LogP contribution in [0, 0.1) is 0 Å². The van der Waals surface area contributed by atoms with Crippen LogP contribution in [-0.4, -0.2) is 35.2 Å². The number of amides is 1. The van der Waals surface area contributed by atoms with Crippen molar-refractivity contribution >= 4 is 16.9 Å². The van der Waals surface area contributed by atoms with Gasteiger partial charge >= 0.3 is 5.69 Å². The third kappa shape index (κ3) is 3.47. The molecule has 0 spiro atoms. The number of fused-ring (bicyclic) bond motifs is 1. The number of H-pyrrole nitrogens is 1. The number of carbonyl (C=O) groups excluding carboxylic acids is 1. The zero-order valence-electron chi connectivity index (χ0n) is 13.4. The molecule has 1 heterocycles. The number of aromatic nitrogens is 2. The first-order valence-corrected chi connectivity index (χ1v) is 8.21. The lowest BCUT2D eigenvalue weighted by atomic mass is 9.95. The molecular formula is C17H23N3O3. The lowest BCUT2D eigenvalue weighted by molar-refractivity contribution is 0.0928. The van der Waals surface area contributed by atoms with E-state index in [-0.39, 0.29) is 17.6 Å². The minimum absolute atomic E-state index is 0.0655. The molecule has 0 atom stereocenters. The second-order valence-corrected chi connectivity index (χ2v) is 6.11. The van der Waals surface area contributed by atoms with Crippen molar-refractivity contribution in [3.05, 3.63) is 34.2 Å². The number of nitrogens with one attached hydrogen (secondary N) is 2. The molecule has 6 heteroatoms. The van der Waals surface area contributed by atoms with E-state index in [1.54, 1.807) is 23.8 Å². The molecule has 0 bridgehead atoms. The maximum absolute atomic E-state index is 12.4. The highest BCUT2D eigenvalue weighted by Crippen LogP contribution is 2.18. The van der Waals surface area contributed by atoms with Crippen LogP contribution in [0.3, 0.4) is 0 Å². The normalized spacial score (nSPS) is 15.9. The lowest BCUT2D eigenvalue weighted by Crippen LogP contribution is -2.36. The maximum Gasteiger partial charge on any atom is 0.326 e. The third-order valence-corrected chi connectivity index (χ3v) is 4.50. The molecule has 1 aliphatic carbocycles. The van der Waals surface area contributed by atoms with Crippen LogP contribution in [0.4, 0.5) is 0 Å². The van der Waals surface area contributed by atoms with Crippen LogP contribution in [0.25, 0.3) is 11.0 Å². The summed E-state index contributed by atoms with van der Waals surface area (Å²) in [5, 5.41) is 3.10. The quantitative estimate of drug-likeness (QED) is 0.886. The summed E-state index contributed by atoms with van der Waals surface area (Å²) in [6, 6.07) is 5.62. The number of carbonyl (C=O) groups is 1. The van der Waals surface area contributed by atoms with Crippen LogP contribution < -0.4 is 11.0 Å². The molecule has 0 aliphatic heterocycles. The summed E-state index contributed by atoms with van der Waals surface area (Å²) in [6.45, 7) is 0.958. The molecule has 1 aromatic heterocycles. The van der Waals surface area contributed by atoms with Crippen LogP contribution in [-0.2, 0) is 11.3 Å². The second kappa shape index (κ2) is 7.00. The van der Waals surface area contributed by atoms with Gasteiger partial charge in [0.15, 0.2) is 0 Å². The molecular weight excluding hydrogens is 294 g/mol. The lowest BCUT2D eigenvalue weighted by Gasteiger charge is -2.22. The smallest absolute Gasteiger partial charge is 0.326 e. The van der Waals surface area contributed by atoms with Crippen molar-refractivity contribution in [3.8, 4) is 0 Å². The van der Waals surface area contributed by atoms with Crippen molar-refractivity contribution in [1.82, 2.24) is 14.9 Å². The molecule has 0 saturated heterocycles. The van der Waals surface area contributed by atoms with Gasteiger partial charge in [0.05, 0.1) is 24.2 Å². The zero-order chi connectivity index (χ0) is 16.2. The van der Waals surface area contributed by atoms with Gasteiger partial charge in [-0.3, -0.25) is 9.36 Å². The van der Waals surface area contributed by atoms with E-state index in [0.29, 0.717) is 24.2 Å². The highest BCUT2D eigenvalue weighted by atomic mass is 16.5. The summed E-state index contributed by atoms with van der Waals surface area (Å²) < 4.78 is 6.65. The Balaban J connectivity index is 1.79. The first kappa shape index (κ1) is 15.8. The van der Waals surface area contributed by atoms with Gasteiger partial charge in [-0.25, -0.2) is 4.79 Å². The maximum atomic E-state index is 12.4. The van der Waals surface area contributed by atoms with E-state index in [9.17, 15) is 9.59 Å². The number of ether oxygens (including phenoxy) is 1. The molecule has 3 rings (SSSR count). The molecule has 1 aliphatic rings. The monoisotopic (exact) mass is 317 g/mol. The molecule has 1 saturated carbocycles. The van der Waals surface area contributed by atoms with Crippen molar-refractivity contribution in [1.29, 1.82) is 0 Å². The minimum atomic E-state index is -0.179. The number of hydrogen-bond acceptors (Lipinski definition) is 3. The Hall–Kier alpha value is -2.08. The fourth-order valence-corrected chi connectivity index (χ4v) is 3.23. The Morgan fingerprint density at radius 1 is 1.35 bits per heavy atom. The Morgan fingerprint density at radius 3 is 2.87 bits per heavy atom. The first-order valence-electron chi connectivity index (χ1n) is 8.21. The van der Waals surface area contributed by atoms with Gasteiger partial charge in [-0.15, -0.1) is 0 Å². The molecule has 1 amide bonds. The summed E-state index contributed by atoms with van der Waals surface area (Å²) >= 11 is 0. The molecule has 0 radical (unpaired) electrons. The Morgan fingerprint density at radius 2 is 2.13 bits per heavy atom. The van der Waals surface area contributed by atoms with Crippen LogP contribution in [0.15, 0.2) is 23.0 Å². The number of nitrogens with zero attached hydrogens (tertiary/aromatic N) is 1. The van der Waals surface area contributed by atoms with Gasteiger partial charge in [-0.05, 0) is 31.0 Å².